The molecule has 21 heavy (non-hydrogen) atoms. The van der Waals surface area contributed by atoms with Gasteiger partial charge in [-0.2, -0.15) is 26.3 Å². The number of allylic oxidation sites excluding steroid dienone is 1. The van der Waals surface area contributed by atoms with Crippen LogP contribution in [0, 0.1) is 11.8 Å². The van der Waals surface area contributed by atoms with Gasteiger partial charge >= 0.3 is 12.4 Å². The lowest BCUT2D eigenvalue weighted by Gasteiger charge is -2.38. The number of rotatable bonds is 4. The predicted octanol–water partition coefficient (Wildman–Crippen LogP) is 5.00. The molecule has 0 bridgehead atoms. The first-order chi connectivity index (χ1) is 9.49. The second-order valence-corrected chi connectivity index (χ2v) is 5.55. The van der Waals surface area contributed by atoms with Crippen molar-refractivity contribution in [2.75, 3.05) is 0 Å². The Labute approximate surface area is 120 Å². The number of hydrogen-bond acceptors (Lipinski definition) is 1. The van der Waals surface area contributed by atoms with Crippen LogP contribution in [0.15, 0.2) is 11.6 Å². The molecule has 0 saturated carbocycles. The smallest absolute Gasteiger partial charge is 0.370 e. The molecule has 1 rings (SSSR count). The van der Waals surface area contributed by atoms with E-state index in [9.17, 15) is 31.4 Å². The molecule has 0 fully saturated rings. The predicted molar refractivity (Wildman–Crippen MR) is 66.6 cm³/mol. The van der Waals surface area contributed by atoms with Gasteiger partial charge in [-0.25, -0.2) is 0 Å². The zero-order valence-electron chi connectivity index (χ0n) is 12.0. The molecular formula is C14H20F6O. The second kappa shape index (κ2) is 6.18. The van der Waals surface area contributed by atoms with Crippen LogP contribution in [0.2, 0.25) is 0 Å². The van der Waals surface area contributed by atoms with Crippen LogP contribution >= 0.6 is 0 Å². The summed E-state index contributed by atoms with van der Waals surface area (Å²) in [7, 11) is 0. The van der Waals surface area contributed by atoms with Gasteiger partial charge < -0.3 is 5.11 Å². The Morgan fingerprint density at radius 3 is 1.86 bits per heavy atom. The number of halogens is 6. The van der Waals surface area contributed by atoms with Crippen LogP contribution in [0.4, 0.5) is 26.3 Å². The molecule has 0 aliphatic heterocycles. The average molecular weight is 318 g/mol. The Bertz CT molecular complexity index is 364. The molecule has 1 aliphatic carbocycles. The Hall–Kier alpha value is -0.720. The molecule has 1 nitrogen and oxygen atoms in total. The van der Waals surface area contributed by atoms with E-state index in [2.05, 4.69) is 0 Å². The molecule has 0 heterocycles. The van der Waals surface area contributed by atoms with Crippen LogP contribution in [0.3, 0.4) is 0 Å². The van der Waals surface area contributed by atoms with Gasteiger partial charge in [0.15, 0.2) is 0 Å². The van der Waals surface area contributed by atoms with Crippen molar-refractivity contribution < 1.29 is 31.4 Å². The largest absolute Gasteiger partial charge is 0.430 e. The monoisotopic (exact) mass is 318 g/mol. The van der Waals surface area contributed by atoms with Gasteiger partial charge in [-0.15, -0.1) is 0 Å². The van der Waals surface area contributed by atoms with Crippen molar-refractivity contribution in [2.45, 2.75) is 63.9 Å². The van der Waals surface area contributed by atoms with Crippen LogP contribution in [0.5, 0.6) is 0 Å². The molecule has 0 aromatic heterocycles. The van der Waals surface area contributed by atoms with Gasteiger partial charge in [-0.3, -0.25) is 0 Å². The third kappa shape index (κ3) is 3.38. The molecule has 0 saturated heterocycles. The van der Waals surface area contributed by atoms with Gasteiger partial charge in [0.1, 0.15) is 0 Å². The van der Waals surface area contributed by atoms with E-state index in [1.807, 2.05) is 13.8 Å². The van der Waals surface area contributed by atoms with Gasteiger partial charge in [-0.1, -0.05) is 32.8 Å². The quantitative estimate of drug-likeness (QED) is 0.571. The van der Waals surface area contributed by atoms with Crippen LogP contribution in [-0.2, 0) is 0 Å². The summed E-state index contributed by atoms with van der Waals surface area (Å²) in [6.07, 6.45) is -8.90. The summed E-state index contributed by atoms with van der Waals surface area (Å²) in [6, 6.07) is 0. The Morgan fingerprint density at radius 1 is 1.10 bits per heavy atom. The Kier molecular flexibility index (Phi) is 5.40. The maximum atomic E-state index is 12.8. The first-order valence-corrected chi connectivity index (χ1v) is 7.04. The van der Waals surface area contributed by atoms with Crippen molar-refractivity contribution in [1.29, 1.82) is 0 Å². The first-order valence-electron chi connectivity index (χ1n) is 7.04. The lowest BCUT2D eigenvalue weighted by molar-refractivity contribution is -0.353. The van der Waals surface area contributed by atoms with E-state index >= 15 is 0 Å². The molecule has 1 N–H and O–H groups in total. The van der Waals surface area contributed by atoms with Gasteiger partial charge in [-0.05, 0) is 36.7 Å². The van der Waals surface area contributed by atoms with E-state index in [1.165, 1.54) is 0 Å². The van der Waals surface area contributed by atoms with E-state index < -0.39 is 23.5 Å². The van der Waals surface area contributed by atoms with Crippen molar-refractivity contribution in [3.8, 4) is 0 Å². The summed E-state index contributed by atoms with van der Waals surface area (Å²) in [5.41, 5.74) is -5.69. The fourth-order valence-electron chi connectivity index (χ4n) is 3.09. The highest BCUT2D eigenvalue weighted by Crippen LogP contribution is 2.50. The molecule has 0 aromatic carbocycles. The number of alkyl halides is 6. The number of hydrogen-bond donors (Lipinski definition) is 1. The van der Waals surface area contributed by atoms with Crippen molar-refractivity contribution in [3.63, 3.8) is 0 Å². The van der Waals surface area contributed by atoms with Crippen molar-refractivity contribution in [1.82, 2.24) is 0 Å². The second-order valence-electron chi connectivity index (χ2n) is 5.55. The lowest BCUT2D eigenvalue weighted by atomic mass is 9.74. The van der Waals surface area contributed by atoms with Crippen LogP contribution in [-0.4, -0.2) is 23.1 Å². The highest BCUT2D eigenvalue weighted by Gasteiger charge is 2.72. The molecule has 1 unspecified atom stereocenters. The molecule has 7 heteroatoms. The van der Waals surface area contributed by atoms with E-state index in [1.54, 1.807) is 0 Å². The average Bonchev–Trinajstić information content (AvgIpc) is 2.37. The van der Waals surface area contributed by atoms with E-state index in [0.29, 0.717) is 0 Å². The van der Waals surface area contributed by atoms with E-state index in [0.717, 1.165) is 18.9 Å². The van der Waals surface area contributed by atoms with Gasteiger partial charge in [0.2, 0.25) is 0 Å². The zero-order chi connectivity index (χ0) is 16.5. The molecular weight excluding hydrogens is 298 g/mol. The summed E-state index contributed by atoms with van der Waals surface area (Å²) in [6.45, 7) is 3.91. The van der Waals surface area contributed by atoms with E-state index in [4.69, 9.17) is 0 Å². The van der Waals surface area contributed by atoms with E-state index in [-0.39, 0.29) is 31.1 Å². The standard InChI is InChI=1S/C14H20F6O/c1-3-9(4-2)10-5-7-11(8-6-10)12(21,13(15,16)17)14(18,19)20/h7,9-10,21H,3-6,8H2,1-2H3. The van der Waals surface area contributed by atoms with Gasteiger partial charge in [0, 0.05) is 0 Å². The minimum absolute atomic E-state index is 0.0782. The highest BCUT2D eigenvalue weighted by molar-refractivity contribution is 5.25. The minimum Gasteiger partial charge on any atom is -0.370 e. The van der Waals surface area contributed by atoms with Crippen molar-refractivity contribution in [2.24, 2.45) is 11.8 Å². The SMILES string of the molecule is CCC(CC)C1CC=C(C(O)(C(F)(F)F)C(F)(F)F)CC1. The lowest BCUT2D eigenvalue weighted by Crippen LogP contribution is -2.58. The summed E-state index contributed by atoms with van der Waals surface area (Å²) < 4.78 is 76.6. The molecule has 1 atom stereocenters. The Balaban J connectivity index is 3.05. The third-order valence-electron chi connectivity index (χ3n) is 4.45. The van der Waals surface area contributed by atoms with Crippen molar-refractivity contribution >= 4 is 0 Å². The molecule has 0 spiro atoms. The number of aliphatic hydroxyl groups is 1. The summed E-state index contributed by atoms with van der Waals surface area (Å²) in [5, 5.41) is 9.33. The van der Waals surface area contributed by atoms with Gasteiger partial charge in [0.25, 0.3) is 5.60 Å². The molecule has 1 aliphatic rings. The summed E-state index contributed by atoms with van der Waals surface area (Å²) in [5.74, 6) is 0.363. The Morgan fingerprint density at radius 2 is 1.57 bits per heavy atom. The van der Waals surface area contributed by atoms with Crippen LogP contribution in [0.25, 0.3) is 0 Å². The van der Waals surface area contributed by atoms with Gasteiger partial charge in [0.05, 0.1) is 0 Å². The minimum atomic E-state index is -5.77. The van der Waals surface area contributed by atoms with Crippen LogP contribution < -0.4 is 0 Å². The summed E-state index contributed by atoms with van der Waals surface area (Å²) in [4.78, 5) is 0. The zero-order valence-corrected chi connectivity index (χ0v) is 12.0. The molecule has 124 valence electrons. The summed E-state index contributed by atoms with van der Waals surface area (Å²) >= 11 is 0. The topological polar surface area (TPSA) is 20.2 Å². The maximum absolute atomic E-state index is 12.8. The fraction of sp³-hybridized carbons (Fsp3) is 0.857. The third-order valence-corrected chi connectivity index (χ3v) is 4.45. The van der Waals surface area contributed by atoms with Crippen LogP contribution in [0.1, 0.15) is 46.0 Å². The molecule has 0 aromatic rings. The first kappa shape index (κ1) is 18.3. The molecule has 0 amide bonds. The maximum Gasteiger partial charge on any atom is 0.430 e. The highest BCUT2D eigenvalue weighted by atomic mass is 19.4. The van der Waals surface area contributed by atoms with Crippen molar-refractivity contribution in [3.05, 3.63) is 11.6 Å². The normalized spacial score (nSPS) is 21.6. The molecule has 0 radical (unpaired) electrons. The fourth-order valence-corrected chi connectivity index (χ4v) is 3.09.